The molecule has 82 valence electrons. The lowest BCUT2D eigenvalue weighted by molar-refractivity contribution is 0.509. The second kappa shape index (κ2) is 5.57. The van der Waals surface area contributed by atoms with Gasteiger partial charge in [0.2, 0.25) is 0 Å². The second-order valence-electron chi connectivity index (χ2n) is 4.07. The molecule has 0 fully saturated rings. The van der Waals surface area contributed by atoms with Crippen LogP contribution in [0.25, 0.3) is 0 Å². The molecule has 1 N–H and O–H groups in total. The summed E-state index contributed by atoms with van der Waals surface area (Å²) in [4.78, 5) is 0. The van der Waals surface area contributed by atoms with Gasteiger partial charge in [-0.1, -0.05) is 0 Å². The highest BCUT2D eigenvalue weighted by atomic mass is 15.3. The molecule has 0 saturated heterocycles. The Bertz CT molecular complexity index is 333. The van der Waals surface area contributed by atoms with E-state index in [2.05, 4.69) is 37.1 Å². The zero-order valence-corrected chi connectivity index (χ0v) is 9.70. The third-order valence-corrected chi connectivity index (χ3v) is 2.25. The van der Waals surface area contributed by atoms with Crippen molar-refractivity contribution in [3.63, 3.8) is 0 Å². The van der Waals surface area contributed by atoms with Crippen molar-refractivity contribution in [2.75, 3.05) is 0 Å². The number of nitrogens with zero attached hydrogens (tertiary/aromatic N) is 2. The summed E-state index contributed by atoms with van der Waals surface area (Å²) in [6.07, 6.45) is 7.99. The molecule has 15 heavy (non-hydrogen) atoms. The van der Waals surface area contributed by atoms with Crippen molar-refractivity contribution in [3.05, 3.63) is 18.0 Å². The first kappa shape index (κ1) is 11.8. The first-order valence-corrected chi connectivity index (χ1v) is 5.34. The maximum Gasteiger partial charge on any atom is 0.0762 e. The maximum atomic E-state index is 5.23. The molecule has 1 atom stereocenters. The molecule has 0 aliphatic heterocycles. The number of aromatic nitrogens is 2. The summed E-state index contributed by atoms with van der Waals surface area (Å²) in [5.74, 6) is 2.64. The van der Waals surface area contributed by atoms with E-state index in [1.807, 2.05) is 16.9 Å². The first-order chi connectivity index (χ1) is 7.13. The van der Waals surface area contributed by atoms with Gasteiger partial charge in [-0.2, -0.15) is 5.10 Å². The molecule has 0 aliphatic carbocycles. The Labute approximate surface area is 91.9 Å². The van der Waals surface area contributed by atoms with Crippen LogP contribution < -0.4 is 5.32 Å². The van der Waals surface area contributed by atoms with E-state index in [1.165, 1.54) is 0 Å². The molecule has 1 rings (SSSR count). The molecule has 1 heterocycles. The van der Waals surface area contributed by atoms with E-state index in [9.17, 15) is 0 Å². The molecule has 0 aromatic carbocycles. The van der Waals surface area contributed by atoms with E-state index in [0.29, 0.717) is 12.1 Å². The average molecular weight is 205 g/mol. The minimum Gasteiger partial charge on any atom is -0.308 e. The summed E-state index contributed by atoms with van der Waals surface area (Å²) in [5.41, 5.74) is 1.06. The summed E-state index contributed by atoms with van der Waals surface area (Å²) in [7, 11) is 0. The SMILES string of the molecule is C#CCC(C)NCc1ccn(C(C)C)n1. The predicted molar refractivity (Wildman–Crippen MR) is 62.4 cm³/mol. The number of nitrogens with one attached hydrogen (secondary N) is 1. The molecule has 0 radical (unpaired) electrons. The molecule has 1 unspecified atom stereocenters. The van der Waals surface area contributed by atoms with Gasteiger partial charge in [-0.3, -0.25) is 4.68 Å². The Morgan fingerprint density at radius 1 is 1.53 bits per heavy atom. The lowest BCUT2D eigenvalue weighted by Gasteiger charge is -2.09. The summed E-state index contributed by atoms with van der Waals surface area (Å²) in [6, 6.07) is 2.80. The van der Waals surface area contributed by atoms with Gasteiger partial charge in [-0.25, -0.2) is 0 Å². The van der Waals surface area contributed by atoms with Gasteiger partial charge in [0, 0.05) is 31.2 Å². The molecular weight excluding hydrogens is 186 g/mol. The zero-order valence-electron chi connectivity index (χ0n) is 9.70. The Kier molecular flexibility index (Phi) is 4.38. The van der Waals surface area contributed by atoms with Crippen molar-refractivity contribution in [2.24, 2.45) is 0 Å². The molecule has 1 aromatic rings. The lowest BCUT2D eigenvalue weighted by Crippen LogP contribution is -2.25. The van der Waals surface area contributed by atoms with Crippen LogP contribution in [0.15, 0.2) is 12.3 Å². The quantitative estimate of drug-likeness (QED) is 0.745. The Hall–Kier alpha value is -1.27. The zero-order chi connectivity index (χ0) is 11.3. The smallest absolute Gasteiger partial charge is 0.0762 e. The van der Waals surface area contributed by atoms with Crippen LogP contribution in [0.1, 0.15) is 38.9 Å². The van der Waals surface area contributed by atoms with E-state index in [-0.39, 0.29) is 0 Å². The van der Waals surface area contributed by atoms with Crippen LogP contribution in [-0.2, 0) is 6.54 Å². The molecule has 0 bridgehead atoms. The monoisotopic (exact) mass is 205 g/mol. The molecule has 3 heteroatoms. The average Bonchev–Trinajstić information content (AvgIpc) is 2.63. The van der Waals surface area contributed by atoms with Gasteiger partial charge in [-0.05, 0) is 26.8 Å². The van der Waals surface area contributed by atoms with Crippen LogP contribution in [0.4, 0.5) is 0 Å². The summed E-state index contributed by atoms with van der Waals surface area (Å²) >= 11 is 0. The summed E-state index contributed by atoms with van der Waals surface area (Å²) < 4.78 is 1.96. The van der Waals surface area contributed by atoms with Gasteiger partial charge in [0.05, 0.1) is 5.69 Å². The van der Waals surface area contributed by atoms with Crippen molar-refractivity contribution in [1.29, 1.82) is 0 Å². The molecule has 3 nitrogen and oxygen atoms in total. The van der Waals surface area contributed by atoms with Crippen LogP contribution in [0.2, 0.25) is 0 Å². The van der Waals surface area contributed by atoms with Crippen molar-refractivity contribution < 1.29 is 0 Å². The molecule has 0 aliphatic rings. The molecule has 0 spiro atoms. The topological polar surface area (TPSA) is 29.9 Å². The van der Waals surface area contributed by atoms with E-state index in [1.54, 1.807) is 0 Å². The standard InChI is InChI=1S/C12H19N3/c1-5-6-11(4)13-9-12-7-8-15(14-12)10(2)3/h1,7-8,10-11,13H,6,9H2,2-4H3. The normalized spacial score (nSPS) is 12.7. The predicted octanol–water partition coefficient (Wildman–Crippen LogP) is 1.97. The number of terminal acetylenes is 1. The van der Waals surface area contributed by atoms with Gasteiger partial charge < -0.3 is 5.32 Å². The van der Waals surface area contributed by atoms with Crippen LogP contribution >= 0.6 is 0 Å². The van der Waals surface area contributed by atoms with Crippen molar-refractivity contribution in [3.8, 4) is 12.3 Å². The fourth-order valence-corrected chi connectivity index (χ4v) is 1.29. The van der Waals surface area contributed by atoms with E-state index in [0.717, 1.165) is 18.7 Å². The van der Waals surface area contributed by atoms with E-state index < -0.39 is 0 Å². The Morgan fingerprint density at radius 3 is 2.80 bits per heavy atom. The van der Waals surface area contributed by atoms with E-state index in [4.69, 9.17) is 6.42 Å². The van der Waals surface area contributed by atoms with Crippen LogP contribution in [0.3, 0.4) is 0 Å². The summed E-state index contributed by atoms with van der Waals surface area (Å²) in [5, 5.41) is 7.78. The second-order valence-corrected chi connectivity index (χ2v) is 4.07. The fourth-order valence-electron chi connectivity index (χ4n) is 1.29. The van der Waals surface area contributed by atoms with Crippen molar-refractivity contribution >= 4 is 0 Å². The van der Waals surface area contributed by atoms with Crippen LogP contribution in [-0.4, -0.2) is 15.8 Å². The molecule has 0 saturated carbocycles. The molecule has 1 aromatic heterocycles. The number of hydrogen-bond donors (Lipinski definition) is 1. The van der Waals surface area contributed by atoms with Crippen LogP contribution in [0.5, 0.6) is 0 Å². The van der Waals surface area contributed by atoms with E-state index >= 15 is 0 Å². The van der Waals surface area contributed by atoms with Gasteiger partial charge in [0.25, 0.3) is 0 Å². The van der Waals surface area contributed by atoms with Gasteiger partial charge in [0.15, 0.2) is 0 Å². The van der Waals surface area contributed by atoms with Gasteiger partial charge in [0.1, 0.15) is 0 Å². The van der Waals surface area contributed by atoms with Gasteiger partial charge >= 0.3 is 0 Å². The maximum absolute atomic E-state index is 5.23. The van der Waals surface area contributed by atoms with Crippen LogP contribution in [0, 0.1) is 12.3 Å². The first-order valence-electron chi connectivity index (χ1n) is 5.34. The third kappa shape index (κ3) is 3.77. The minimum atomic E-state index is 0.346. The Balaban J connectivity index is 2.41. The van der Waals surface area contributed by atoms with Gasteiger partial charge in [-0.15, -0.1) is 12.3 Å². The lowest BCUT2D eigenvalue weighted by atomic mass is 10.2. The number of rotatable bonds is 5. The number of hydrogen-bond acceptors (Lipinski definition) is 2. The fraction of sp³-hybridized carbons (Fsp3) is 0.583. The highest BCUT2D eigenvalue weighted by molar-refractivity contribution is 4.99. The summed E-state index contributed by atoms with van der Waals surface area (Å²) in [6.45, 7) is 7.10. The van der Waals surface area contributed by atoms with Crippen molar-refractivity contribution in [2.45, 2.75) is 45.8 Å². The Morgan fingerprint density at radius 2 is 2.27 bits per heavy atom. The minimum absolute atomic E-state index is 0.346. The highest BCUT2D eigenvalue weighted by Crippen LogP contribution is 2.04. The third-order valence-electron chi connectivity index (χ3n) is 2.25. The largest absolute Gasteiger partial charge is 0.308 e. The molecule has 0 amide bonds. The van der Waals surface area contributed by atoms with Crippen molar-refractivity contribution in [1.82, 2.24) is 15.1 Å². The highest BCUT2D eigenvalue weighted by Gasteiger charge is 2.03. The molecular formula is C12H19N3.